The van der Waals surface area contributed by atoms with E-state index in [9.17, 15) is 4.79 Å². The Labute approximate surface area is 136 Å². The third kappa shape index (κ3) is 17.4. The summed E-state index contributed by atoms with van der Waals surface area (Å²) in [5, 5.41) is 2.91. The van der Waals surface area contributed by atoms with Crippen molar-refractivity contribution in [2.75, 3.05) is 46.2 Å². The van der Waals surface area contributed by atoms with Crippen LogP contribution >= 0.6 is 0 Å². The van der Waals surface area contributed by atoms with Crippen LogP contribution in [0.4, 0.5) is 0 Å². The third-order valence-corrected chi connectivity index (χ3v) is 3.18. The predicted octanol–water partition coefficient (Wildman–Crippen LogP) is 2.92. The topological polar surface area (TPSA) is 56.8 Å². The lowest BCUT2D eigenvalue weighted by Crippen LogP contribution is -2.25. The lowest BCUT2D eigenvalue weighted by molar-refractivity contribution is -0.121. The van der Waals surface area contributed by atoms with Crippen molar-refractivity contribution in [2.24, 2.45) is 0 Å². The molecule has 0 aromatic carbocycles. The van der Waals surface area contributed by atoms with Gasteiger partial charge in [0.1, 0.15) is 0 Å². The normalized spacial score (nSPS) is 10.8. The van der Waals surface area contributed by atoms with Gasteiger partial charge in [0, 0.05) is 26.2 Å². The largest absolute Gasteiger partial charge is 0.379 e. The van der Waals surface area contributed by atoms with E-state index < -0.39 is 0 Å². The summed E-state index contributed by atoms with van der Waals surface area (Å²) in [6.07, 6.45) is 7.02. The first-order valence-corrected chi connectivity index (χ1v) is 8.81. The summed E-state index contributed by atoms with van der Waals surface area (Å²) in [6.45, 7) is 8.93. The van der Waals surface area contributed by atoms with Gasteiger partial charge in [-0.2, -0.15) is 0 Å². The molecule has 0 aromatic heterocycles. The zero-order chi connectivity index (χ0) is 16.3. The van der Waals surface area contributed by atoms with E-state index in [1.807, 2.05) is 0 Å². The maximum Gasteiger partial charge on any atom is 0.219 e. The molecule has 0 saturated carbocycles. The lowest BCUT2D eigenvalue weighted by Gasteiger charge is -2.07. The minimum absolute atomic E-state index is 0.153. The van der Waals surface area contributed by atoms with E-state index in [4.69, 9.17) is 14.2 Å². The molecule has 0 aromatic rings. The Morgan fingerprint density at radius 3 is 1.86 bits per heavy atom. The van der Waals surface area contributed by atoms with Crippen molar-refractivity contribution in [1.29, 1.82) is 0 Å². The fraction of sp³-hybridized carbons (Fsp3) is 0.941. The van der Waals surface area contributed by atoms with Gasteiger partial charge in [0.15, 0.2) is 0 Å². The number of unbranched alkanes of at least 4 members (excludes halogenated alkanes) is 3. The molecule has 0 aliphatic heterocycles. The smallest absolute Gasteiger partial charge is 0.219 e. The van der Waals surface area contributed by atoms with Crippen LogP contribution in [0.3, 0.4) is 0 Å². The van der Waals surface area contributed by atoms with Gasteiger partial charge in [-0.05, 0) is 19.3 Å². The van der Waals surface area contributed by atoms with Crippen molar-refractivity contribution < 1.29 is 19.0 Å². The van der Waals surface area contributed by atoms with Gasteiger partial charge < -0.3 is 19.5 Å². The zero-order valence-corrected chi connectivity index (χ0v) is 14.5. The molecule has 0 saturated heterocycles. The molecular weight excluding hydrogens is 282 g/mol. The van der Waals surface area contributed by atoms with Crippen molar-refractivity contribution in [1.82, 2.24) is 5.32 Å². The van der Waals surface area contributed by atoms with Crippen LogP contribution in [-0.4, -0.2) is 52.1 Å². The SMILES string of the molecule is CCCCCC(=O)NCCCOCCOCCOCCCC. The number of carbonyl (C=O) groups is 1. The summed E-state index contributed by atoms with van der Waals surface area (Å²) in [5.74, 6) is 0.153. The Morgan fingerprint density at radius 2 is 1.27 bits per heavy atom. The molecule has 132 valence electrons. The molecule has 1 N–H and O–H groups in total. The van der Waals surface area contributed by atoms with E-state index in [1.54, 1.807) is 0 Å². The van der Waals surface area contributed by atoms with Gasteiger partial charge in [0.2, 0.25) is 5.91 Å². The Bertz CT molecular complexity index is 237. The van der Waals surface area contributed by atoms with E-state index >= 15 is 0 Å². The molecule has 0 fully saturated rings. The Morgan fingerprint density at radius 1 is 0.727 bits per heavy atom. The highest BCUT2D eigenvalue weighted by molar-refractivity contribution is 5.75. The molecule has 0 heterocycles. The standard InChI is InChI=1S/C17H35NO4/c1-3-5-7-9-17(19)18-10-8-12-21-14-16-22-15-13-20-11-6-4-2/h3-16H2,1-2H3,(H,18,19). The van der Waals surface area contributed by atoms with Gasteiger partial charge in [-0.15, -0.1) is 0 Å². The van der Waals surface area contributed by atoms with Crippen molar-refractivity contribution in [3.05, 3.63) is 0 Å². The molecule has 0 spiro atoms. The predicted molar refractivity (Wildman–Crippen MR) is 89.1 cm³/mol. The highest BCUT2D eigenvalue weighted by Gasteiger charge is 1.99. The summed E-state index contributed by atoms with van der Waals surface area (Å²) in [7, 11) is 0. The second kappa shape index (κ2) is 18.4. The molecule has 0 unspecified atom stereocenters. The quantitative estimate of drug-likeness (QED) is 0.419. The number of ether oxygens (including phenoxy) is 3. The van der Waals surface area contributed by atoms with Crippen LogP contribution in [0.2, 0.25) is 0 Å². The first-order chi connectivity index (χ1) is 10.8. The van der Waals surface area contributed by atoms with Gasteiger partial charge in [0.05, 0.1) is 26.4 Å². The van der Waals surface area contributed by atoms with Gasteiger partial charge in [-0.1, -0.05) is 33.1 Å². The van der Waals surface area contributed by atoms with Crippen LogP contribution in [0, 0.1) is 0 Å². The minimum atomic E-state index is 0.153. The Kier molecular flexibility index (Phi) is 17.9. The Hall–Kier alpha value is -0.650. The summed E-state index contributed by atoms with van der Waals surface area (Å²) >= 11 is 0. The molecule has 0 radical (unpaired) electrons. The van der Waals surface area contributed by atoms with Crippen LogP contribution in [0.5, 0.6) is 0 Å². The average Bonchev–Trinajstić information content (AvgIpc) is 2.52. The fourth-order valence-corrected chi connectivity index (χ4v) is 1.81. The van der Waals surface area contributed by atoms with E-state index in [2.05, 4.69) is 19.2 Å². The van der Waals surface area contributed by atoms with Crippen LogP contribution in [0.1, 0.15) is 58.8 Å². The van der Waals surface area contributed by atoms with Gasteiger partial charge in [0.25, 0.3) is 0 Å². The van der Waals surface area contributed by atoms with Crippen molar-refractivity contribution in [2.45, 2.75) is 58.8 Å². The third-order valence-electron chi connectivity index (χ3n) is 3.18. The van der Waals surface area contributed by atoms with Crippen molar-refractivity contribution >= 4 is 5.91 Å². The van der Waals surface area contributed by atoms with Gasteiger partial charge in [-0.25, -0.2) is 0 Å². The van der Waals surface area contributed by atoms with Crippen LogP contribution in [-0.2, 0) is 19.0 Å². The summed E-state index contributed by atoms with van der Waals surface area (Å²) in [4.78, 5) is 11.4. The summed E-state index contributed by atoms with van der Waals surface area (Å²) < 4.78 is 16.2. The molecule has 5 heteroatoms. The number of nitrogens with one attached hydrogen (secondary N) is 1. The number of hydrogen-bond acceptors (Lipinski definition) is 4. The number of amides is 1. The van der Waals surface area contributed by atoms with Gasteiger partial charge >= 0.3 is 0 Å². The highest BCUT2D eigenvalue weighted by atomic mass is 16.5. The zero-order valence-electron chi connectivity index (χ0n) is 14.5. The minimum Gasteiger partial charge on any atom is -0.379 e. The first kappa shape index (κ1) is 21.4. The molecular formula is C17H35NO4. The highest BCUT2D eigenvalue weighted by Crippen LogP contribution is 1.98. The fourth-order valence-electron chi connectivity index (χ4n) is 1.81. The maximum absolute atomic E-state index is 11.4. The van der Waals surface area contributed by atoms with Crippen molar-refractivity contribution in [3.8, 4) is 0 Å². The maximum atomic E-state index is 11.4. The summed E-state index contributed by atoms with van der Waals surface area (Å²) in [5.41, 5.74) is 0. The second-order valence-electron chi connectivity index (χ2n) is 5.35. The number of carbonyl (C=O) groups excluding carboxylic acids is 1. The van der Waals surface area contributed by atoms with Crippen LogP contribution < -0.4 is 5.32 Å². The molecule has 0 aliphatic carbocycles. The van der Waals surface area contributed by atoms with E-state index in [0.717, 1.165) is 45.1 Å². The van der Waals surface area contributed by atoms with Crippen LogP contribution in [0.25, 0.3) is 0 Å². The molecule has 1 amide bonds. The van der Waals surface area contributed by atoms with Gasteiger partial charge in [-0.3, -0.25) is 4.79 Å². The molecule has 0 aliphatic rings. The molecule has 0 bridgehead atoms. The van der Waals surface area contributed by atoms with E-state index in [1.165, 1.54) is 0 Å². The molecule has 0 rings (SSSR count). The van der Waals surface area contributed by atoms with Crippen LogP contribution in [0.15, 0.2) is 0 Å². The van der Waals surface area contributed by atoms with E-state index in [-0.39, 0.29) is 5.91 Å². The number of rotatable bonds is 17. The Balaban J connectivity index is 3.06. The second-order valence-corrected chi connectivity index (χ2v) is 5.35. The average molecular weight is 317 g/mol. The monoisotopic (exact) mass is 317 g/mol. The lowest BCUT2D eigenvalue weighted by atomic mass is 10.2. The number of hydrogen-bond donors (Lipinski definition) is 1. The molecule has 0 atom stereocenters. The van der Waals surface area contributed by atoms with Crippen molar-refractivity contribution in [3.63, 3.8) is 0 Å². The summed E-state index contributed by atoms with van der Waals surface area (Å²) in [6, 6.07) is 0. The molecule has 5 nitrogen and oxygen atoms in total. The van der Waals surface area contributed by atoms with E-state index in [0.29, 0.717) is 46.0 Å². The molecule has 22 heavy (non-hydrogen) atoms. The first-order valence-electron chi connectivity index (χ1n) is 8.81.